The molecule has 15 nitrogen and oxygen atoms in total. The third kappa shape index (κ3) is 3.68. The Morgan fingerprint density at radius 1 is 1.23 bits per heavy atom. The number of hydrogen-bond donors (Lipinski definition) is 9. The summed E-state index contributed by atoms with van der Waals surface area (Å²) in [5.41, 5.74) is 12.0. The van der Waals surface area contributed by atoms with Crippen LogP contribution in [-0.2, 0) is 5.41 Å². The number of nitrogens with zero attached hydrogens (tertiary/aromatic N) is 3. The summed E-state index contributed by atoms with van der Waals surface area (Å²) in [6.07, 6.45) is 2.26. The molecule has 4 aliphatic rings. The van der Waals surface area contributed by atoms with Gasteiger partial charge >= 0.3 is 5.96 Å². The van der Waals surface area contributed by atoms with Crippen LogP contribution in [0.5, 0.6) is 5.75 Å². The van der Waals surface area contributed by atoms with Crippen LogP contribution < -0.4 is 37.5 Å². The van der Waals surface area contributed by atoms with Crippen molar-refractivity contribution in [2.75, 3.05) is 19.7 Å². The van der Waals surface area contributed by atoms with Crippen molar-refractivity contribution in [3.63, 3.8) is 0 Å². The molecular formula is C25H33N10O5+. The Kier molecular flexibility index (Phi) is 5.71. The molecule has 15 heteroatoms. The molecule has 0 aliphatic carbocycles. The van der Waals surface area contributed by atoms with Crippen LogP contribution >= 0.6 is 0 Å². The average Bonchev–Trinajstić information content (AvgIpc) is 3.61. The predicted octanol–water partition coefficient (Wildman–Crippen LogP) is -3.03. The van der Waals surface area contributed by atoms with Crippen molar-refractivity contribution >= 4 is 23.7 Å². The lowest BCUT2D eigenvalue weighted by atomic mass is 9.79. The number of aromatic nitrogens is 2. The van der Waals surface area contributed by atoms with Gasteiger partial charge in [-0.15, -0.1) is 0 Å². The van der Waals surface area contributed by atoms with Crippen LogP contribution in [-0.4, -0.2) is 98.0 Å². The number of aliphatic hydroxyl groups is 2. The van der Waals surface area contributed by atoms with E-state index in [1.807, 2.05) is 6.07 Å². The summed E-state index contributed by atoms with van der Waals surface area (Å²) in [5, 5.41) is 41.3. The average molecular weight is 554 g/mol. The zero-order valence-corrected chi connectivity index (χ0v) is 22.1. The van der Waals surface area contributed by atoms with Gasteiger partial charge in [-0.2, -0.15) is 5.10 Å². The first-order chi connectivity index (χ1) is 19.0. The standard InChI is InChI=1S/C25H32N10O5/c1-23(2)7-9-40-17-12(4-3-5-13(17)23)19(36)31-16-11-35-22(27)30-15(10-28-20(37)14-6-8-29-34-14)18-24(35,25(16,38)39)33-21(26)32-18/h3-6,8,15-16,18,38-39H,7,9-11H2,1-2H3,(H8,26,27,28,29,30,31,32,33,34,36,37)/p+1/t15-,16?,18-,24-/m0/s1. The minimum absolute atomic E-state index is 0.0215. The van der Waals surface area contributed by atoms with Crippen molar-refractivity contribution < 1.29 is 29.1 Å². The van der Waals surface area contributed by atoms with E-state index in [2.05, 4.69) is 50.3 Å². The quantitative estimate of drug-likeness (QED) is 0.134. The third-order valence-electron chi connectivity index (χ3n) is 8.36. The number of carbonyl (C=O) groups excluding carboxylic acids is 2. The minimum Gasteiger partial charge on any atom is -0.492 e. The van der Waals surface area contributed by atoms with Crippen LogP contribution in [0.2, 0.25) is 0 Å². The fourth-order valence-electron chi connectivity index (χ4n) is 6.19. The molecule has 212 valence electrons. The van der Waals surface area contributed by atoms with Crippen LogP contribution in [0, 0.1) is 0 Å². The summed E-state index contributed by atoms with van der Waals surface area (Å²) in [6.45, 7) is 4.59. The molecular weight excluding hydrogens is 520 g/mol. The molecule has 0 bridgehead atoms. The Balaban J connectivity index is 1.28. The van der Waals surface area contributed by atoms with Crippen LogP contribution in [0.1, 0.15) is 46.7 Å². The molecule has 2 amide bonds. The number of amides is 2. The molecule has 40 heavy (non-hydrogen) atoms. The van der Waals surface area contributed by atoms with Gasteiger partial charge in [-0.25, -0.2) is 9.57 Å². The summed E-state index contributed by atoms with van der Waals surface area (Å²) in [5.74, 6) is -2.99. The molecule has 5 heterocycles. The van der Waals surface area contributed by atoms with Crippen molar-refractivity contribution in [1.29, 1.82) is 0 Å². The second-order valence-electron chi connectivity index (χ2n) is 11.2. The van der Waals surface area contributed by atoms with E-state index < -0.39 is 41.4 Å². The smallest absolute Gasteiger partial charge is 0.346 e. The van der Waals surface area contributed by atoms with Crippen LogP contribution in [0.4, 0.5) is 0 Å². The lowest BCUT2D eigenvalue weighted by molar-refractivity contribution is -0.623. The first-order valence-corrected chi connectivity index (χ1v) is 13.0. The molecule has 1 spiro atoms. The van der Waals surface area contributed by atoms with Gasteiger partial charge in [0, 0.05) is 11.8 Å². The maximum atomic E-state index is 13.6. The van der Waals surface area contributed by atoms with Gasteiger partial charge in [-0.05, 0) is 24.0 Å². The number of aromatic amines is 1. The molecule has 0 radical (unpaired) electrons. The number of nitrogens with two attached hydrogens (primary N) is 2. The van der Waals surface area contributed by atoms with Crippen LogP contribution in [0.15, 0.2) is 35.5 Å². The van der Waals surface area contributed by atoms with E-state index in [9.17, 15) is 19.8 Å². The molecule has 1 fully saturated rings. The van der Waals surface area contributed by atoms with Gasteiger partial charge in [0.15, 0.2) is 5.96 Å². The van der Waals surface area contributed by atoms with Crippen molar-refractivity contribution in [2.45, 2.75) is 55.3 Å². The molecule has 4 atom stereocenters. The lowest BCUT2D eigenvalue weighted by Gasteiger charge is -2.43. The normalized spacial score (nSPS) is 29.1. The SMILES string of the molecule is CC1(C)CCOc2c(C(=O)NC3C[N+]4=C(N)N[C@@H](CNC(=O)c5ccn[nH]5)[C@@H]5N=C(N)N[C@@]54C3(O)O)cccc21. The second kappa shape index (κ2) is 8.82. The van der Waals surface area contributed by atoms with Gasteiger partial charge < -0.3 is 36.6 Å². The monoisotopic (exact) mass is 553 g/mol. The summed E-state index contributed by atoms with van der Waals surface area (Å²) in [7, 11) is 0. The molecule has 0 saturated carbocycles. The van der Waals surface area contributed by atoms with E-state index in [1.54, 1.807) is 12.1 Å². The summed E-state index contributed by atoms with van der Waals surface area (Å²) in [4.78, 5) is 30.5. The van der Waals surface area contributed by atoms with Crippen molar-refractivity contribution in [1.82, 2.24) is 31.5 Å². The van der Waals surface area contributed by atoms with Crippen LogP contribution in [0.3, 0.4) is 0 Å². The van der Waals surface area contributed by atoms with E-state index in [0.717, 1.165) is 12.0 Å². The molecule has 6 rings (SSSR count). The fourth-order valence-corrected chi connectivity index (χ4v) is 6.19. The van der Waals surface area contributed by atoms with Gasteiger partial charge in [-0.3, -0.25) is 25.7 Å². The Morgan fingerprint density at radius 2 is 2.02 bits per heavy atom. The maximum Gasteiger partial charge on any atom is 0.346 e. The largest absolute Gasteiger partial charge is 0.492 e. The van der Waals surface area contributed by atoms with Gasteiger partial charge in [0.2, 0.25) is 11.4 Å². The lowest BCUT2D eigenvalue weighted by Crippen LogP contribution is -2.79. The van der Waals surface area contributed by atoms with Gasteiger partial charge in [-0.1, -0.05) is 26.0 Å². The second-order valence-corrected chi connectivity index (χ2v) is 11.2. The third-order valence-corrected chi connectivity index (χ3v) is 8.36. The van der Waals surface area contributed by atoms with E-state index in [0.29, 0.717) is 17.9 Å². The highest BCUT2D eigenvalue weighted by Gasteiger charge is 2.75. The van der Waals surface area contributed by atoms with E-state index >= 15 is 0 Å². The minimum atomic E-state index is -2.59. The van der Waals surface area contributed by atoms with E-state index in [1.165, 1.54) is 16.8 Å². The Labute approximate surface area is 229 Å². The zero-order valence-electron chi connectivity index (χ0n) is 22.1. The number of benzene rings is 1. The number of fused-ring (bicyclic) bond motifs is 1. The molecule has 1 unspecified atom stereocenters. The number of hydrogen-bond acceptors (Lipinski definition) is 11. The molecule has 11 N–H and O–H groups in total. The molecule has 1 aromatic carbocycles. The first kappa shape index (κ1) is 25.9. The van der Waals surface area contributed by atoms with E-state index in [-0.39, 0.29) is 36.1 Å². The predicted molar refractivity (Wildman–Crippen MR) is 141 cm³/mol. The molecule has 4 aliphatic heterocycles. The topological polar surface area (TPSA) is 228 Å². The molecule has 1 aromatic heterocycles. The van der Waals surface area contributed by atoms with Gasteiger partial charge in [0.25, 0.3) is 11.8 Å². The van der Waals surface area contributed by atoms with Gasteiger partial charge in [0.05, 0.1) is 25.3 Å². The number of aliphatic imine (C=N–C) groups is 1. The summed E-state index contributed by atoms with van der Waals surface area (Å²) < 4.78 is 7.39. The van der Waals surface area contributed by atoms with E-state index in [4.69, 9.17) is 16.2 Å². The number of para-hydroxylation sites is 1. The Bertz CT molecular complexity index is 1440. The summed E-state index contributed by atoms with van der Waals surface area (Å²) in [6, 6.07) is 4.09. The van der Waals surface area contributed by atoms with Gasteiger partial charge in [0.1, 0.15) is 29.6 Å². The fraction of sp³-hybridized carbons (Fsp3) is 0.480. The Hall–Kier alpha value is -4.37. The highest BCUT2D eigenvalue weighted by molar-refractivity contribution is 5.98. The first-order valence-electron chi connectivity index (χ1n) is 13.0. The Morgan fingerprint density at radius 3 is 2.77 bits per heavy atom. The number of guanidine groups is 2. The molecule has 2 aromatic rings. The van der Waals surface area contributed by atoms with Crippen LogP contribution in [0.25, 0.3) is 0 Å². The number of H-pyrrole nitrogens is 1. The zero-order chi connectivity index (χ0) is 28.4. The van der Waals surface area contributed by atoms with Crippen molar-refractivity contribution in [3.8, 4) is 5.75 Å². The maximum absolute atomic E-state index is 13.6. The number of carbonyl (C=O) groups is 2. The highest BCUT2D eigenvalue weighted by atomic mass is 16.5. The molecule has 1 saturated heterocycles. The van der Waals surface area contributed by atoms with Crippen molar-refractivity contribution in [2.24, 2.45) is 16.5 Å². The number of rotatable bonds is 5. The number of ether oxygens (including phenoxy) is 1. The number of nitrogens with one attached hydrogen (secondary N) is 5. The van der Waals surface area contributed by atoms with Crippen molar-refractivity contribution in [3.05, 3.63) is 47.3 Å². The summed E-state index contributed by atoms with van der Waals surface area (Å²) >= 11 is 0. The highest BCUT2D eigenvalue weighted by Crippen LogP contribution is 2.43.